The maximum absolute atomic E-state index is 11.3. The van der Waals surface area contributed by atoms with Crippen LogP contribution in [0.25, 0.3) is 0 Å². The molecule has 1 aliphatic rings. The molecule has 2 rings (SSSR count). The highest BCUT2D eigenvalue weighted by Crippen LogP contribution is 2.13. The predicted octanol–water partition coefficient (Wildman–Crippen LogP) is 2.89. The van der Waals surface area contributed by atoms with Crippen molar-refractivity contribution in [2.75, 3.05) is 31.5 Å². The highest BCUT2D eigenvalue weighted by Gasteiger charge is 2.20. The first-order valence-corrected chi connectivity index (χ1v) is 8.41. The van der Waals surface area contributed by atoms with E-state index in [0.29, 0.717) is 0 Å². The Morgan fingerprint density at radius 3 is 2.27 bits per heavy atom. The van der Waals surface area contributed by atoms with Crippen LogP contribution in [0.4, 0.5) is 5.69 Å². The number of piperazine rings is 1. The number of carbonyl (C=O) groups is 1. The summed E-state index contributed by atoms with van der Waals surface area (Å²) in [4.78, 5) is 15.3. The summed E-state index contributed by atoms with van der Waals surface area (Å²) in [5.41, 5.74) is 2.40. The summed E-state index contributed by atoms with van der Waals surface area (Å²) < 4.78 is 0. The molecule has 1 heterocycles. The van der Waals surface area contributed by atoms with Crippen molar-refractivity contribution in [2.45, 2.75) is 33.1 Å². The van der Waals surface area contributed by atoms with Crippen molar-refractivity contribution in [1.29, 1.82) is 0 Å². The molecular weight excluding hydrogens is 294 g/mol. The van der Waals surface area contributed by atoms with Crippen molar-refractivity contribution >= 4 is 28.9 Å². The van der Waals surface area contributed by atoms with Gasteiger partial charge in [-0.3, -0.25) is 4.79 Å². The molecule has 120 valence electrons. The van der Waals surface area contributed by atoms with Gasteiger partial charge in [-0.25, -0.2) is 0 Å². The van der Waals surface area contributed by atoms with Crippen molar-refractivity contribution in [2.24, 2.45) is 0 Å². The molecule has 5 heteroatoms. The summed E-state index contributed by atoms with van der Waals surface area (Å²) in [5.74, 6) is 0.140. The maximum atomic E-state index is 11.3. The number of nitrogens with one attached hydrogen (secondary N) is 1. The van der Waals surface area contributed by atoms with E-state index in [-0.39, 0.29) is 5.91 Å². The van der Waals surface area contributed by atoms with Crippen molar-refractivity contribution < 1.29 is 4.79 Å². The standard InChI is InChI=1S/C17H25N3OS/c1-3-4-5-15-6-8-16(9-7-15)18-17(22)20-12-10-19(11-13-20)14(2)21/h6-9H,3-5,10-13H2,1-2H3,(H,18,22). The molecule has 4 nitrogen and oxygen atoms in total. The van der Waals surface area contributed by atoms with Crippen LogP contribution in [-0.2, 0) is 11.2 Å². The van der Waals surface area contributed by atoms with Crippen LogP contribution in [0.1, 0.15) is 32.3 Å². The molecule has 1 aliphatic heterocycles. The van der Waals surface area contributed by atoms with Gasteiger partial charge in [0.1, 0.15) is 0 Å². The number of nitrogens with zero attached hydrogens (tertiary/aromatic N) is 2. The first-order chi connectivity index (χ1) is 10.6. The number of aryl methyl sites for hydroxylation is 1. The summed E-state index contributed by atoms with van der Waals surface area (Å²) in [5, 5.41) is 4.03. The van der Waals surface area contributed by atoms with E-state index in [9.17, 15) is 4.79 Å². The maximum Gasteiger partial charge on any atom is 0.219 e. The van der Waals surface area contributed by atoms with Crippen LogP contribution < -0.4 is 5.32 Å². The third kappa shape index (κ3) is 4.70. The van der Waals surface area contributed by atoms with E-state index in [1.165, 1.54) is 18.4 Å². The van der Waals surface area contributed by atoms with Gasteiger partial charge in [0.05, 0.1) is 0 Å². The molecule has 0 unspecified atom stereocenters. The van der Waals surface area contributed by atoms with Gasteiger partial charge in [0.25, 0.3) is 0 Å². The number of amides is 1. The van der Waals surface area contributed by atoms with E-state index in [1.54, 1.807) is 6.92 Å². The molecule has 0 radical (unpaired) electrons. The van der Waals surface area contributed by atoms with E-state index < -0.39 is 0 Å². The van der Waals surface area contributed by atoms with E-state index in [2.05, 4.69) is 41.4 Å². The number of rotatable bonds is 4. The number of benzene rings is 1. The molecule has 0 saturated carbocycles. The summed E-state index contributed by atoms with van der Waals surface area (Å²) in [6.45, 7) is 6.90. The van der Waals surface area contributed by atoms with Crippen molar-refractivity contribution in [1.82, 2.24) is 9.80 Å². The molecule has 1 fully saturated rings. The quantitative estimate of drug-likeness (QED) is 0.866. The van der Waals surface area contributed by atoms with E-state index >= 15 is 0 Å². The molecular formula is C17H25N3OS. The van der Waals surface area contributed by atoms with Crippen LogP contribution in [0, 0.1) is 0 Å². The molecule has 0 aromatic heterocycles. The Balaban J connectivity index is 1.83. The largest absolute Gasteiger partial charge is 0.345 e. The van der Waals surface area contributed by atoms with Crippen LogP contribution in [0.3, 0.4) is 0 Å². The Bertz CT molecular complexity index is 507. The van der Waals surface area contributed by atoms with Gasteiger partial charge < -0.3 is 15.1 Å². The lowest BCUT2D eigenvalue weighted by Crippen LogP contribution is -2.51. The number of anilines is 1. The first kappa shape index (κ1) is 16.7. The van der Waals surface area contributed by atoms with Crippen LogP contribution in [0.2, 0.25) is 0 Å². The summed E-state index contributed by atoms with van der Waals surface area (Å²) in [7, 11) is 0. The van der Waals surface area contributed by atoms with E-state index in [4.69, 9.17) is 12.2 Å². The van der Waals surface area contributed by atoms with Gasteiger partial charge in [0, 0.05) is 38.8 Å². The van der Waals surface area contributed by atoms with Gasteiger partial charge in [-0.1, -0.05) is 25.5 Å². The van der Waals surface area contributed by atoms with Crippen LogP contribution in [0.5, 0.6) is 0 Å². The fourth-order valence-electron chi connectivity index (χ4n) is 2.56. The monoisotopic (exact) mass is 319 g/mol. The van der Waals surface area contributed by atoms with Crippen molar-refractivity contribution in [3.8, 4) is 0 Å². The zero-order valence-corrected chi connectivity index (χ0v) is 14.3. The van der Waals surface area contributed by atoms with Crippen LogP contribution in [0.15, 0.2) is 24.3 Å². The molecule has 1 saturated heterocycles. The molecule has 1 amide bonds. The fourth-order valence-corrected chi connectivity index (χ4v) is 2.86. The van der Waals surface area contributed by atoms with Gasteiger partial charge in [0.2, 0.25) is 5.91 Å². The second kappa shape index (κ2) is 8.13. The average Bonchev–Trinajstić information content (AvgIpc) is 2.54. The molecule has 0 atom stereocenters. The van der Waals surface area contributed by atoms with Crippen LogP contribution in [-0.4, -0.2) is 47.0 Å². The third-order valence-electron chi connectivity index (χ3n) is 4.04. The van der Waals surface area contributed by atoms with E-state index in [1.807, 2.05) is 4.90 Å². The lowest BCUT2D eigenvalue weighted by molar-refractivity contribution is -0.130. The van der Waals surface area contributed by atoms with Gasteiger partial charge in [-0.05, 0) is 42.8 Å². The Labute approximate surface area is 138 Å². The van der Waals surface area contributed by atoms with Crippen LogP contribution >= 0.6 is 12.2 Å². The number of hydrogen-bond donors (Lipinski definition) is 1. The second-order valence-electron chi connectivity index (χ2n) is 5.72. The summed E-state index contributed by atoms with van der Waals surface area (Å²) in [6.07, 6.45) is 3.58. The Morgan fingerprint density at radius 1 is 1.14 bits per heavy atom. The third-order valence-corrected chi connectivity index (χ3v) is 4.40. The van der Waals surface area contributed by atoms with E-state index in [0.717, 1.165) is 43.4 Å². The van der Waals surface area contributed by atoms with Gasteiger partial charge >= 0.3 is 0 Å². The number of carbonyl (C=O) groups excluding carboxylic acids is 1. The summed E-state index contributed by atoms with van der Waals surface area (Å²) in [6, 6.07) is 8.49. The Kier molecular flexibility index (Phi) is 6.19. The molecule has 0 spiro atoms. The molecule has 1 aromatic rings. The van der Waals surface area contributed by atoms with Gasteiger partial charge in [-0.15, -0.1) is 0 Å². The molecule has 1 aromatic carbocycles. The molecule has 0 aliphatic carbocycles. The topological polar surface area (TPSA) is 35.6 Å². The highest BCUT2D eigenvalue weighted by atomic mass is 32.1. The van der Waals surface area contributed by atoms with Crippen molar-refractivity contribution in [3.63, 3.8) is 0 Å². The molecule has 0 bridgehead atoms. The second-order valence-corrected chi connectivity index (χ2v) is 6.11. The van der Waals surface area contributed by atoms with Crippen molar-refractivity contribution in [3.05, 3.63) is 29.8 Å². The smallest absolute Gasteiger partial charge is 0.219 e. The zero-order chi connectivity index (χ0) is 15.9. The Morgan fingerprint density at radius 2 is 1.73 bits per heavy atom. The first-order valence-electron chi connectivity index (χ1n) is 8.00. The number of thiocarbonyl (C=S) groups is 1. The highest BCUT2D eigenvalue weighted by molar-refractivity contribution is 7.80. The number of hydrogen-bond acceptors (Lipinski definition) is 2. The SMILES string of the molecule is CCCCc1ccc(NC(=S)N2CCN(C(C)=O)CC2)cc1. The fraction of sp³-hybridized carbons (Fsp3) is 0.529. The normalized spacial score (nSPS) is 14.8. The minimum absolute atomic E-state index is 0.140. The number of unbranched alkanes of at least 4 members (excludes halogenated alkanes) is 1. The average molecular weight is 319 g/mol. The predicted molar refractivity (Wildman–Crippen MR) is 95.1 cm³/mol. The zero-order valence-electron chi connectivity index (χ0n) is 13.5. The minimum Gasteiger partial charge on any atom is -0.345 e. The summed E-state index contributed by atoms with van der Waals surface area (Å²) >= 11 is 5.47. The molecule has 22 heavy (non-hydrogen) atoms. The van der Waals surface area contributed by atoms with Gasteiger partial charge in [-0.2, -0.15) is 0 Å². The molecule has 1 N–H and O–H groups in total. The lowest BCUT2D eigenvalue weighted by atomic mass is 10.1. The Hall–Kier alpha value is -1.62. The van der Waals surface area contributed by atoms with Gasteiger partial charge in [0.15, 0.2) is 5.11 Å². The minimum atomic E-state index is 0.140. The lowest BCUT2D eigenvalue weighted by Gasteiger charge is -2.35.